The van der Waals surface area contributed by atoms with Gasteiger partial charge >= 0.3 is 11.5 Å². The minimum Gasteiger partial charge on any atom is -0.284 e. The molecule has 7 heteroatoms. The van der Waals surface area contributed by atoms with Crippen molar-refractivity contribution in [1.29, 1.82) is 5.26 Å². The molecule has 19 heavy (non-hydrogen) atoms. The van der Waals surface area contributed by atoms with Crippen molar-refractivity contribution >= 4 is 20.9 Å². The highest BCUT2D eigenvalue weighted by molar-refractivity contribution is 7.17. The van der Waals surface area contributed by atoms with Crippen LogP contribution in [-0.2, 0) is 0 Å². The highest BCUT2D eigenvalue weighted by Gasteiger charge is 2.49. The molecule has 94 valence electrons. The van der Waals surface area contributed by atoms with Crippen molar-refractivity contribution in [2.75, 3.05) is 7.05 Å². The molecule has 1 aliphatic heterocycles. The van der Waals surface area contributed by atoms with Crippen molar-refractivity contribution in [2.45, 2.75) is 0 Å². The minimum atomic E-state index is 0.143. The van der Waals surface area contributed by atoms with E-state index in [1.165, 1.54) is 6.20 Å². The third-order valence-electron chi connectivity index (χ3n) is 3.34. The molecular formula is C12H12N4O2P+3. The minimum absolute atomic E-state index is 0.143. The molecule has 2 unspecified atom stereocenters. The third kappa shape index (κ3) is 1.43. The van der Waals surface area contributed by atoms with Gasteiger partial charge in [-0.25, -0.2) is 0 Å². The molecule has 0 aliphatic carbocycles. The van der Waals surface area contributed by atoms with Crippen molar-refractivity contribution < 1.29 is 19.9 Å². The number of hydrogen-bond acceptors (Lipinski definition) is 3. The summed E-state index contributed by atoms with van der Waals surface area (Å²) < 4.78 is 2.05. The lowest BCUT2D eigenvalue weighted by molar-refractivity contribution is -0.906. The zero-order valence-electron chi connectivity index (χ0n) is 10.1. The average Bonchev–Trinajstić information content (AvgIpc) is 2.58. The Hall–Kier alpha value is -2.22. The van der Waals surface area contributed by atoms with Crippen molar-refractivity contribution in [2.24, 2.45) is 0 Å². The quantitative estimate of drug-likeness (QED) is 0.421. The first-order valence-corrected chi connectivity index (χ1v) is 6.08. The van der Waals surface area contributed by atoms with Gasteiger partial charge in [-0.1, -0.05) is 0 Å². The molecule has 1 aliphatic rings. The van der Waals surface area contributed by atoms with Gasteiger partial charge in [-0.2, -0.15) is 9.52 Å². The predicted molar refractivity (Wildman–Crippen MR) is 68.4 cm³/mol. The van der Waals surface area contributed by atoms with Crippen LogP contribution in [0.25, 0.3) is 11.1 Å². The van der Waals surface area contributed by atoms with E-state index >= 15 is 0 Å². The van der Waals surface area contributed by atoms with Gasteiger partial charge in [0.2, 0.25) is 11.9 Å². The molecule has 0 spiro atoms. The fraction of sp³-hybridized carbons (Fsp3) is 0.0833. The largest absolute Gasteiger partial charge is 0.430 e. The Labute approximate surface area is 111 Å². The average molecular weight is 275 g/mol. The molecule has 2 aromatic rings. The van der Waals surface area contributed by atoms with Crippen molar-refractivity contribution in [3.05, 3.63) is 36.3 Å². The van der Waals surface area contributed by atoms with Gasteiger partial charge in [0, 0.05) is 16.9 Å². The monoisotopic (exact) mass is 275 g/mol. The Balaban J connectivity index is 2.43. The summed E-state index contributed by atoms with van der Waals surface area (Å²) in [6, 6.07) is 7.14. The summed E-state index contributed by atoms with van der Waals surface area (Å²) in [7, 11) is 4.49. The van der Waals surface area contributed by atoms with Gasteiger partial charge in [0.25, 0.3) is 6.20 Å². The summed E-state index contributed by atoms with van der Waals surface area (Å²) in [5.41, 5.74) is 2.56. The molecule has 6 nitrogen and oxygen atoms in total. The highest BCUT2D eigenvalue weighted by atomic mass is 31.0. The van der Waals surface area contributed by atoms with E-state index in [4.69, 9.17) is 5.26 Å². The van der Waals surface area contributed by atoms with Crippen LogP contribution in [-0.4, -0.2) is 17.5 Å². The fourth-order valence-corrected chi connectivity index (χ4v) is 2.94. The SMILES string of the molecule is C[N+]1(P)c2c[n+](O)c(C#N)cc2-c2ccc[n+](O)c21. The number of nitrogens with zero attached hydrogens (tertiary/aromatic N) is 4. The zero-order chi connectivity index (χ0) is 13.8. The van der Waals surface area contributed by atoms with Gasteiger partial charge in [-0.05, 0) is 6.07 Å². The van der Waals surface area contributed by atoms with Crippen LogP contribution in [0.4, 0.5) is 11.5 Å². The van der Waals surface area contributed by atoms with E-state index < -0.39 is 0 Å². The number of hydrogen-bond donors (Lipinski definition) is 2. The number of pyridine rings is 2. The van der Waals surface area contributed by atoms with Gasteiger partial charge in [0.15, 0.2) is 6.07 Å². The van der Waals surface area contributed by atoms with Gasteiger partial charge < -0.3 is 0 Å². The first kappa shape index (κ1) is 11.8. The van der Waals surface area contributed by atoms with Gasteiger partial charge in [0.05, 0.1) is 26.7 Å². The second-order valence-electron chi connectivity index (χ2n) is 4.58. The summed E-state index contributed by atoms with van der Waals surface area (Å²) >= 11 is 0. The van der Waals surface area contributed by atoms with E-state index in [-0.39, 0.29) is 9.95 Å². The lowest BCUT2D eigenvalue weighted by Crippen LogP contribution is -2.42. The van der Waals surface area contributed by atoms with Crippen LogP contribution in [0.15, 0.2) is 30.6 Å². The summed E-state index contributed by atoms with van der Waals surface area (Å²) in [5.74, 6) is 0.651. The van der Waals surface area contributed by atoms with Crippen LogP contribution in [0.2, 0.25) is 0 Å². The fourth-order valence-electron chi connectivity index (χ4n) is 2.48. The van der Waals surface area contributed by atoms with Crippen LogP contribution in [0.5, 0.6) is 0 Å². The van der Waals surface area contributed by atoms with E-state index in [0.29, 0.717) is 5.82 Å². The standard InChI is InChI=1S/C12H12N4O2P/c1-16(19)11-7-15(18)8(6-13)5-10(11)9-3-2-4-14(17)12(9)16/h2-5,7,17-18H,19H2,1H3/q+3. The first-order chi connectivity index (χ1) is 8.96. The molecule has 2 aromatic heterocycles. The number of fused-ring (bicyclic) bond motifs is 3. The molecule has 0 radical (unpaired) electrons. The molecule has 0 saturated carbocycles. The van der Waals surface area contributed by atoms with Crippen LogP contribution >= 0.6 is 9.39 Å². The maximum Gasteiger partial charge on any atom is 0.430 e. The summed E-state index contributed by atoms with van der Waals surface area (Å²) in [5, 5.41) is 28.7. The van der Waals surface area contributed by atoms with Crippen molar-refractivity contribution in [1.82, 2.24) is 4.25 Å². The number of aromatic nitrogens is 2. The molecule has 0 fully saturated rings. The van der Waals surface area contributed by atoms with Crippen LogP contribution < -0.4 is 13.7 Å². The van der Waals surface area contributed by atoms with Gasteiger partial charge in [-0.15, -0.1) is 0 Å². The molecule has 3 rings (SSSR count). The van der Waals surface area contributed by atoms with Crippen LogP contribution in [0.1, 0.15) is 5.69 Å². The summed E-state index contributed by atoms with van der Waals surface area (Å²) in [6.07, 6.45) is 3.03. The molecule has 2 atom stereocenters. The summed E-state index contributed by atoms with van der Waals surface area (Å²) in [6.45, 7) is 0. The number of nitriles is 1. The molecule has 3 heterocycles. The maximum absolute atomic E-state index is 9.99. The summed E-state index contributed by atoms with van der Waals surface area (Å²) in [4.78, 5) is 0. The second kappa shape index (κ2) is 3.64. The van der Waals surface area contributed by atoms with Gasteiger partial charge in [0.1, 0.15) is 5.56 Å². The first-order valence-electron chi connectivity index (χ1n) is 5.56. The lowest BCUT2D eigenvalue weighted by atomic mass is 10.1. The number of quaternary nitrogens is 1. The van der Waals surface area contributed by atoms with Gasteiger partial charge in [-0.3, -0.25) is 10.4 Å². The van der Waals surface area contributed by atoms with Crippen molar-refractivity contribution in [3.63, 3.8) is 0 Å². The normalized spacial score (nSPS) is 19.6. The Bertz CT molecular complexity index is 752. The lowest BCUT2D eigenvalue weighted by Gasteiger charge is -2.17. The Morgan fingerprint density at radius 1 is 1.32 bits per heavy atom. The van der Waals surface area contributed by atoms with Crippen LogP contribution in [0, 0.1) is 11.3 Å². The topological polar surface area (TPSA) is 72.0 Å². The van der Waals surface area contributed by atoms with E-state index in [9.17, 15) is 10.4 Å². The Kier molecular flexibility index (Phi) is 2.27. The smallest absolute Gasteiger partial charge is 0.284 e. The van der Waals surface area contributed by atoms with Crippen LogP contribution in [0.3, 0.4) is 0 Å². The molecular weight excluding hydrogens is 263 g/mol. The predicted octanol–water partition coefficient (Wildman–Crippen LogP) is 0.647. The second-order valence-corrected chi connectivity index (χ2v) is 5.61. The zero-order valence-corrected chi connectivity index (χ0v) is 11.3. The molecule has 2 N–H and O–H groups in total. The molecule has 0 aromatic carbocycles. The third-order valence-corrected chi connectivity index (χ3v) is 3.86. The van der Waals surface area contributed by atoms with Crippen molar-refractivity contribution in [3.8, 4) is 17.2 Å². The van der Waals surface area contributed by atoms with E-state index in [0.717, 1.165) is 26.3 Å². The highest BCUT2D eigenvalue weighted by Crippen LogP contribution is 2.51. The Morgan fingerprint density at radius 3 is 2.74 bits per heavy atom. The molecule has 0 saturated heterocycles. The van der Waals surface area contributed by atoms with E-state index in [1.807, 2.05) is 19.2 Å². The Morgan fingerprint density at radius 2 is 2.05 bits per heavy atom. The molecule has 0 bridgehead atoms. The number of rotatable bonds is 0. The molecule has 0 amide bonds. The maximum atomic E-state index is 9.99. The van der Waals surface area contributed by atoms with E-state index in [1.54, 1.807) is 18.3 Å². The van der Waals surface area contributed by atoms with E-state index in [2.05, 4.69) is 9.39 Å².